The molecule has 0 bridgehead atoms. The van der Waals surface area contributed by atoms with Crippen LogP contribution in [0.2, 0.25) is 0 Å². The molecule has 0 fully saturated rings. The SMILES string of the molecule is O=C(c1cnnc2ccccc12)N1CC=C(C(F)(F)F)CC1. The molecule has 0 unspecified atom stereocenters. The second kappa shape index (κ2) is 5.40. The number of carbonyl (C=O) groups is 1. The highest BCUT2D eigenvalue weighted by atomic mass is 19.4. The number of hydrogen-bond acceptors (Lipinski definition) is 3. The summed E-state index contributed by atoms with van der Waals surface area (Å²) in [5.74, 6) is -0.330. The maximum Gasteiger partial charge on any atom is 0.412 e. The Morgan fingerprint density at radius 3 is 2.68 bits per heavy atom. The molecular formula is C15H12F3N3O. The van der Waals surface area contributed by atoms with Crippen molar-refractivity contribution in [1.82, 2.24) is 15.1 Å². The van der Waals surface area contributed by atoms with Crippen molar-refractivity contribution in [3.63, 3.8) is 0 Å². The Morgan fingerprint density at radius 2 is 2.00 bits per heavy atom. The van der Waals surface area contributed by atoms with Gasteiger partial charge in [-0.05, 0) is 12.5 Å². The van der Waals surface area contributed by atoms with Crippen molar-refractivity contribution in [2.45, 2.75) is 12.6 Å². The average Bonchev–Trinajstić information content (AvgIpc) is 2.53. The van der Waals surface area contributed by atoms with E-state index in [1.165, 1.54) is 11.1 Å². The molecule has 3 rings (SSSR count). The highest BCUT2D eigenvalue weighted by Crippen LogP contribution is 2.30. The third-order valence-electron chi connectivity index (χ3n) is 3.64. The number of nitrogens with zero attached hydrogens (tertiary/aromatic N) is 3. The molecule has 1 aliphatic rings. The van der Waals surface area contributed by atoms with Gasteiger partial charge in [0, 0.05) is 24.0 Å². The fraction of sp³-hybridized carbons (Fsp3) is 0.267. The standard InChI is InChI=1S/C15H12F3N3O/c16-15(17,18)10-5-7-21(8-6-10)14(22)12-9-19-20-13-4-2-1-3-11(12)13/h1-5,9H,6-8H2. The molecule has 114 valence electrons. The summed E-state index contributed by atoms with van der Waals surface area (Å²) in [6, 6.07) is 7.04. The molecule has 0 saturated carbocycles. The summed E-state index contributed by atoms with van der Waals surface area (Å²) in [5.41, 5.74) is 0.362. The smallest absolute Gasteiger partial charge is 0.335 e. The van der Waals surface area contributed by atoms with Crippen molar-refractivity contribution in [3.05, 3.63) is 47.7 Å². The normalized spacial score (nSPS) is 15.8. The van der Waals surface area contributed by atoms with Crippen LogP contribution in [0.3, 0.4) is 0 Å². The van der Waals surface area contributed by atoms with Crippen LogP contribution in [0.5, 0.6) is 0 Å². The Balaban J connectivity index is 1.87. The Bertz CT molecular complexity index is 750. The topological polar surface area (TPSA) is 46.1 Å². The minimum absolute atomic E-state index is 0.0425. The van der Waals surface area contributed by atoms with Gasteiger partial charge in [-0.2, -0.15) is 23.4 Å². The van der Waals surface area contributed by atoms with Gasteiger partial charge in [-0.25, -0.2) is 0 Å². The number of rotatable bonds is 1. The van der Waals surface area contributed by atoms with E-state index in [1.807, 2.05) is 0 Å². The number of benzene rings is 1. The molecule has 1 aromatic carbocycles. The van der Waals surface area contributed by atoms with Crippen LogP contribution < -0.4 is 0 Å². The van der Waals surface area contributed by atoms with Crippen molar-refractivity contribution in [2.75, 3.05) is 13.1 Å². The van der Waals surface area contributed by atoms with Gasteiger partial charge in [0.1, 0.15) is 0 Å². The summed E-state index contributed by atoms with van der Waals surface area (Å²) < 4.78 is 37.8. The molecule has 1 aromatic heterocycles. The van der Waals surface area contributed by atoms with Gasteiger partial charge >= 0.3 is 6.18 Å². The monoisotopic (exact) mass is 307 g/mol. The van der Waals surface area contributed by atoms with Gasteiger partial charge in [0.05, 0.1) is 17.3 Å². The second-order valence-corrected chi connectivity index (χ2v) is 5.00. The van der Waals surface area contributed by atoms with E-state index < -0.39 is 11.7 Å². The van der Waals surface area contributed by atoms with Gasteiger partial charge in [0.15, 0.2) is 0 Å². The van der Waals surface area contributed by atoms with Crippen LogP contribution in [0, 0.1) is 0 Å². The summed E-state index contributed by atoms with van der Waals surface area (Å²) in [4.78, 5) is 13.9. The average molecular weight is 307 g/mol. The van der Waals surface area contributed by atoms with Gasteiger partial charge in [-0.3, -0.25) is 4.79 Å². The van der Waals surface area contributed by atoms with Gasteiger partial charge in [0.2, 0.25) is 0 Å². The van der Waals surface area contributed by atoms with E-state index in [9.17, 15) is 18.0 Å². The lowest BCUT2D eigenvalue weighted by Gasteiger charge is -2.27. The van der Waals surface area contributed by atoms with Crippen molar-refractivity contribution in [2.24, 2.45) is 0 Å². The molecule has 0 aliphatic carbocycles. The maximum absolute atomic E-state index is 12.6. The van der Waals surface area contributed by atoms with Crippen LogP contribution in [0.1, 0.15) is 16.8 Å². The van der Waals surface area contributed by atoms with Gasteiger partial charge in [-0.1, -0.05) is 24.3 Å². The van der Waals surface area contributed by atoms with Crippen LogP contribution >= 0.6 is 0 Å². The molecule has 0 radical (unpaired) electrons. The zero-order valence-electron chi connectivity index (χ0n) is 11.5. The Hall–Kier alpha value is -2.44. The van der Waals surface area contributed by atoms with Crippen LogP contribution in [-0.2, 0) is 0 Å². The second-order valence-electron chi connectivity index (χ2n) is 5.00. The third kappa shape index (κ3) is 2.66. The number of carbonyl (C=O) groups excluding carboxylic acids is 1. The molecule has 2 heterocycles. The predicted molar refractivity (Wildman–Crippen MR) is 74.2 cm³/mol. The van der Waals surface area contributed by atoms with E-state index in [2.05, 4.69) is 10.2 Å². The zero-order valence-corrected chi connectivity index (χ0v) is 11.5. The zero-order chi connectivity index (χ0) is 15.7. The molecule has 0 saturated heterocycles. The summed E-state index contributed by atoms with van der Waals surface area (Å²) in [6.07, 6.45) is -2.09. The largest absolute Gasteiger partial charge is 0.412 e. The Kier molecular flexibility index (Phi) is 3.56. The molecular weight excluding hydrogens is 295 g/mol. The molecule has 0 N–H and O–H groups in total. The van der Waals surface area contributed by atoms with Crippen LogP contribution in [0.4, 0.5) is 13.2 Å². The van der Waals surface area contributed by atoms with Crippen molar-refractivity contribution in [3.8, 4) is 0 Å². The van der Waals surface area contributed by atoms with E-state index in [-0.39, 0.29) is 25.4 Å². The van der Waals surface area contributed by atoms with Gasteiger partial charge < -0.3 is 4.90 Å². The van der Waals surface area contributed by atoms with E-state index in [4.69, 9.17) is 0 Å². The molecule has 0 atom stereocenters. The molecule has 1 aliphatic heterocycles. The van der Waals surface area contributed by atoms with E-state index in [0.29, 0.717) is 16.5 Å². The van der Waals surface area contributed by atoms with Gasteiger partial charge in [-0.15, -0.1) is 0 Å². The summed E-state index contributed by atoms with van der Waals surface area (Å²) in [6.45, 7) is -0.00878. The molecule has 7 heteroatoms. The fourth-order valence-electron chi connectivity index (χ4n) is 2.46. The molecule has 4 nitrogen and oxygen atoms in total. The third-order valence-corrected chi connectivity index (χ3v) is 3.64. The van der Waals surface area contributed by atoms with Crippen molar-refractivity contribution < 1.29 is 18.0 Å². The fourth-order valence-corrected chi connectivity index (χ4v) is 2.46. The number of aromatic nitrogens is 2. The number of amides is 1. The summed E-state index contributed by atoms with van der Waals surface area (Å²) in [5, 5.41) is 8.37. The highest BCUT2D eigenvalue weighted by Gasteiger charge is 2.35. The minimum atomic E-state index is -4.32. The molecule has 22 heavy (non-hydrogen) atoms. The number of hydrogen-bond donors (Lipinski definition) is 0. The van der Waals surface area contributed by atoms with E-state index >= 15 is 0 Å². The first-order valence-corrected chi connectivity index (χ1v) is 6.73. The number of fused-ring (bicyclic) bond motifs is 1. The maximum atomic E-state index is 12.6. The first-order valence-electron chi connectivity index (χ1n) is 6.73. The van der Waals surface area contributed by atoms with E-state index in [1.54, 1.807) is 24.3 Å². The van der Waals surface area contributed by atoms with Crippen LogP contribution in [-0.4, -0.2) is 40.3 Å². The molecule has 0 spiro atoms. The molecule has 1 amide bonds. The lowest BCUT2D eigenvalue weighted by Crippen LogP contribution is -2.37. The minimum Gasteiger partial charge on any atom is -0.335 e. The number of halogens is 3. The number of alkyl halides is 3. The Morgan fingerprint density at radius 1 is 1.23 bits per heavy atom. The molecule has 2 aromatic rings. The highest BCUT2D eigenvalue weighted by molar-refractivity contribution is 6.05. The predicted octanol–water partition coefficient (Wildman–Crippen LogP) is 2.96. The van der Waals surface area contributed by atoms with Crippen LogP contribution in [0.15, 0.2) is 42.1 Å². The van der Waals surface area contributed by atoms with Gasteiger partial charge in [0.25, 0.3) is 5.91 Å². The first kappa shape index (κ1) is 14.5. The Labute approximate surface area is 124 Å². The quantitative estimate of drug-likeness (QED) is 0.761. The lowest BCUT2D eigenvalue weighted by atomic mass is 10.1. The van der Waals surface area contributed by atoms with Crippen molar-refractivity contribution in [1.29, 1.82) is 0 Å². The van der Waals surface area contributed by atoms with Crippen LogP contribution in [0.25, 0.3) is 10.9 Å². The summed E-state index contributed by atoms with van der Waals surface area (Å²) in [7, 11) is 0. The summed E-state index contributed by atoms with van der Waals surface area (Å²) >= 11 is 0. The van der Waals surface area contributed by atoms with E-state index in [0.717, 1.165) is 6.08 Å². The van der Waals surface area contributed by atoms with Crippen molar-refractivity contribution >= 4 is 16.8 Å². The first-order chi connectivity index (χ1) is 10.5. The lowest BCUT2D eigenvalue weighted by molar-refractivity contribution is -0.0957.